The van der Waals surface area contributed by atoms with E-state index in [-0.39, 0.29) is 5.54 Å². The van der Waals surface area contributed by atoms with Crippen molar-refractivity contribution in [1.82, 2.24) is 10.2 Å². The van der Waals surface area contributed by atoms with Crippen molar-refractivity contribution in [3.8, 4) is 0 Å². The topological polar surface area (TPSA) is 15.3 Å². The van der Waals surface area contributed by atoms with E-state index in [4.69, 9.17) is 0 Å². The maximum atomic E-state index is 3.42. The third kappa shape index (κ3) is 1.80. The monoisotopic (exact) mass is 170 g/mol. The average molecular weight is 170 g/mol. The highest BCUT2D eigenvalue weighted by molar-refractivity contribution is 4.96. The third-order valence-electron chi connectivity index (χ3n) is 3.16. The molecule has 1 saturated heterocycles. The Morgan fingerprint density at radius 2 is 1.92 bits per heavy atom. The van der Waals surface area contributed by atoms with Crippen LogP contribution in [0.4, 0.5) is 0 Å². The van der Waals surface area contributed by atoms with Crippen molar-refractivity contribution in [2.45, 2.75) is 45.2 Å². The summed E-state index contributed by atoms with van der Waals surface area (Å²) in [5, 5.41) is 3.42. The van der Waals surface area contributed by atoms with Crippen molar-refractivity contribution in [3.05, 3.63) is 0 Å². The summed E-state index contributed by atoms with van der Waals surface area (Å²) in [6, 6.07) is 0. The second-order valence-electron chi connectivity index (χ2n) is 5.15. The molecule has 1 unspecified atom stereocenters. The molecule has 1 fully saturated rings. The molecule has 12 heavy (non-hydrogen) atoms. The third-order valence-corrected chi connectivity index (χ3v) is 3.16. The fourth-order valence-electron chi connectivity index (χ4n) is 1.90. The van der Waals surface area contributed by atoms with Gasteiger partial charge in [-0.05, 0) is 47.7 Å². The Morgan fingerprint density at radius 1 is 1.33 bits per heavy atom. The Bertz CT molecular complexity index is 152. The van der Waals surface area contributed by atoms with E-state index in [0.29, 0.717) is 5.54 Å². The summed E-state index contributed by atoms with van der Waals surface area (Å²) < 4.78 is 0. The number of nitrogens with zero attached hydrogens (tertiary/aromatic N) is 1. The highest BCUT2D eigenvalue weighted by Crippen LogP contribution is 2.27. The molecule has 0 radical (unpaired) electrons. The summed E-state index contributed by atoms with van der Waals surface area (Å²) in [4.78, 5) is 2.49. The van der Waals surface area contributed by atoms with Crippen LogP contribution in [0.1, 0.15) is 34.1 Å². The van der Waals surface area contributed by atoms with Gasteiger partial charge in [0.2, 0.25) is 0 Å². The number of hydrogen-bond donors (Lipinski definition) is 1. The van der Waals surface area contributed by atoms with Gasteiger partial charge in [0, 0.05) is 17.6 Å². The SMILES string of the molecule is CN(C(C)(C)C)C1(C)CCNC1. The molecule has 1 aliphatic heterocycles. The fraction of sp³-hybridized carbons (Fsp3) is 1.00. The van der Waals surface area contributed by atoms with Crippen LogP contribution in [0.25, 0.3) is 0 Å². The molecule has 0 amide bonds. The minimum absolute atomic E-state index is 0.279. The average Bonchev–Trinajstić information content (AvgIpc) is 2.34. The van der Waals surface area contributed by atoms with Crippen molar-refractivity contribution in [1.29, 1.82) is 0 Å². The first kappa shape index (κ1) is 10.0. The van der Waals surface area contributed by atoms with Gasteiger partial charge in [-0.25, -0.2) is 0 Å². The smallest absolute Gasteiger partial charge is 0.0320 e. The van der Waals surface area contributed by atoms with Gasteiger partial charge in [0.25, 0.3) is 0 Å². The molecule has 2 nitrogen and oxygen atoms in total. The van der Waals surface area contributed by atoms with Crippen molar-refractivity contribution >= 4 is 0 Å². The highest BCUT2D eigenvalue weighted by atomic mass is 15.3. The largest absolute Gasteiger partial charge is 0.315 e. The Hall–Kier alpha value is -0.0800. The molecule has 1 heterocycles. The van der Waals surface area contributed by atoms with Gasteiger partial charge < -0.3 is 5.32 Å². The van der Waals surface area contributed by atoms with Crippen molar-refractivity contribution in [2.75, 3.05) is 20.1 Å². The Morgan fingerprint density at radius 3 is 2.25 bits per heavy atom. The molecule has 0 aromatic heterocycles. The molecule has 0 bridgehead atoms. The first-order valence-corrected chi connectivity index (χ1v) is 4.81. The normalized spacial score (nSPS) is 31.5. The molecule has 1 rings (SSSR count). The van der Waals surface area contributed by atoms with Crippen molar-refractivity contribution in [2.24, 2.45) is 0 Å². The van der Waals surface area contributed by atoms with Gasteiger partial charge in [0.1, 0.15) is 0 Å². The molecule has 72 valence electrons. The summed E-state index contributed by atoms with van der Waals surface area (Å²) in [6.07, 6.45) is 1.26. The zero-order valence-corrected chi connectivity index (χ0v) is 9.07. The van der Waals surface area contributed by atoms with Crippen molar-refractivity contribution < 1.29 is 0 Å². The van der Waals surface area contributed by atoms with E-state index in [0.717, 1.165) is 13.1 Å². The lowest BCUT2D eigenvalue weighted by molar-refractivity contribution is 0.0577. The molecule has 1 N–H and O–H groups in total. The molecule has 1 atom stereocenters. The molecule has 0 spiro atoms. The molecule has 2 heteroatoms. The maximum Gasteiger partial charge on any atom is 0.0320 e. The number of likely N-dealkylation sites (N-methyl/N-ethyl adjacent to an activating group) is 1. The standard InChI is InChI=1S/C10H22N2/c1-9(2,3)12(5)10(4)6-7-11-8-10/h11H,6-8H2,1-5H3. The van der Waals surface area contributed by atoms with Gasteiger partial charge in [0.05, 0.1) is 0 Å². The molecule has 0 aromatic carbocycles. The predicted octanol–water partition coefficient (Wildman–Crippen LogP) is 1.47. The summed E-state index contributed by atoms with van der Waals surface area (Å²) >= 11 is 0. The van der Waals surface area contributed by atoms with Crippen LogP contribution in [0.2, 0.25) is 0 Å². The number of hydrogen-bond acceptors (Lipinski definition) is 2. The lowest BCUT2D eigenvalue weighted by Gasteiger charge is -2.44. The van der Waals surface area contributed by atoms with Crippen LogP contribution in [0.15, 0.2) is 0 Å². The van der Waals surface area contributed by atoms with Crippen LogP contribution >= 0.6 is 0 Å². The minimum atomic E-state index is 0.279. The molecular weight excluding hydrogens is 148 g/mol. The van der Waals surface area contributed by atoms with E-state index in [9.17, 15) is 0 Å². The number of nitrogens with one attached hydrogen (secondary N) is 1. The highest BCUT2D eigenvalue weighted by Gasteiger charge is 2.37. The van der Waals surface area contributed by atoms with E-state index in [1.807, 2.05) is 0 Å². The summed E-state index contributed by atoms with van der Waals surface area (Å²) in [5.41, 5.74) is 0.638. The van der Waals surface area contributed by atoms with Gasteiger partial charge in [-0.1, -0.05) is 0 Å². The molecule has 0 aliphatic carbocycles. The fourth-order valence-corrected chi connectivity index (χ4v) is 1.90. The first-order chi connectivity index (χ1) is 5.36. The van der Waals surface area contributed by atoms with E-state index < -0.39 is 0 Å². The summed E-state index contributed by atoms with van der Waals surface area (Å²) in [5.74, 6) is 0. The van der Waals surface area contributed by atoms with Crippen LogP contribution in [-0.2, 0) is 0 Å². The lowest BCUT2D eigenvalue weighted by Crippen LogP contribution is -2.54. The van der Waals surface area contributed by atoms with Crippen LogP contribution in [0.5, 0.6) is 0 Å². The Labute approximate surface area is 76.3 Å². The zero-order valence-electron chi connectivity index (χ0n) is 9.07. The summed E-state index contributed by atoms with van der Waals surface area (Å²) in [6.45, 7) is 11.5. The van der Waals surface area contributed by atoms with Gasteiger partial charge in [-0.15, -0.1) is 0 Å². The van der Waals surface area contributed by atoms with E-state index in [1.54, 1.807) is 0 Å². The second kappa shape index (κ2) is 3.00. The van der Waals surface area contributed by atoms with Gasteiger partial charge in [-0.2, -0.15) is 0 Å². The molecule has 0 saturated carbocycles. The van der Waals surface area contributed by atoms with Crippen LogP contribution < -0.4 is 5.32 Å². The maximum absolute atomic E-state index is 3.42. The number of rotatable bonds is 1. The van der Waals surface area contributed by atoms with Crippen LogP contribution in [0, 0.1) is 0 Å². The van der Waals surface area contributed by atoms with Crippen LogP contribution in [0.3, 0.4) is 0 Å². The van der Waals surface area contributed by atoms with Gasteiger partial charge in [-0.3, -0.25) is 4.90 Å². The van der Waals surface area contributed by atoms with E-state index in [2.05, 4.69) is 45.0 Å². The van der Waals surface area contributed by atoms with E-state index >= 15 is 0 Å². The first-order valence-electron chi connectivity index (χ1n) is 4.81. The Kier molecular flexibility index (Phi) is 2.50. The molecular formula is C10H22N2. The van der Waals surface area contributed by atoms with E-state index in [1.165, 1.54) is 6.42 Å². The quantitative estimate of drug-likeness (QED) is 0.641. The summed E-state index contributed by atoms with van der Waals surface area (Å²) in [7, 11) is 2.23. The van der Waals surface area contributed by atoms with Crippen LogP contribution in [-0.4, -0.2) is 36.1 Å². The molecule has 0 aromatic rings. The minimum Gasteiger partial charge on any atom is -0.315 e. The van der Waals surface area contributed by atoms with Gasteiger partial charge >= 0.3 is 0 Å². The molecule has 1 aliphatic rings. The van der Waals surface area contributed by atoms with Crippen molar-refractivity contribution in [3.63, 3.8) is 0 Å². The predicted molar refractivity (Wildman–Crippen MR) is 53.4 cm³/mol. The Balaban J connectivity index is 2.68. The zero-order chi connectivity index (χ0) is 9.41. The lowest BCUT2D eigenvalue weighted by atomic mass is 9.93. The second-order valence-corrected chi connectivity index (χ2v) is 5.15. The van der Waals surface area contributed by atoms with Gasteiger partial charge in [0.15, 0.2) is 0 Å².